The molecule has 3 heteroatoms. The molecule has 3 nitrogen and oxygen atoms in total. The van der Waals surface area contributed by atoms with Crippen LogP contribution in [0.2, 0.25) is 0 Å². The third kappa shape index (κ3) is 1.83. The second kappa shape index (κ2) is 4.60. The molecule has 2 aromatic rings. The number of anilines is 1. The van der Waals surface area contributed by atoms with Crippen LogP contribution in [0.25, 0.3) is 0 Å². The molecule has 0 saturated carbocycles. The minimum Gasteiger partial charge on any atom is -0.490 e. The van der Waals surface area contributed by atoms with E-state index in [-0.39, 0.29) is 0 Å². The minimum absolute atomic E-state index is 0.704. The van der Waals surface area contributed by atoms with Gasteiger partial charge in [-0.2, -0.15) is 0 Å². The quantitative estimate of drug-likeness (QED) is 0.789. The maximum atomic E-state index is 5.76. The van der Waals surface area contributed by atoms with Gasteiger partial charge < -0.3 is 14.4 Å². The molecular formula is C17H15NO2. The number of nitrogens with zero attached hydrogens (tertiary/aromatic N) is 1. The van der Waals surface area contributed by atoms with Gasteiger partial charge in [0.1, 0.15) is 24.4 Å². The normalized spacial score (nSPS) is 16.4. The lowest BCUT2D eigenvalue weighted by molar-refractivity contribution is 0.310. The Kier molecular flexibility index (Phi) is 2.62. The Hall–Kier alpha value is -2.42. The first-order valence-corrected chi connectivity index (χ1v) is 6.85. The highest BCUT2D eigenvalue weighted by molar-refractivity contribution is 5.64. The molecule has 100 valence electrons. The third-order valence-electron chi connectivity index (χ3n) is 3.74. The smallest absolute Gasteiger partial charge is 0.143 e. The van der Waals surface area contributed by atoms with Gasteiger partial charge in [-0.05, 0) is 18.2 Å². The predicted molar refractivity (Wildman–Crippen MR) is 78.1 cm³/mol. The zero-order valence-electron chi connectivity index (χ0n) is 11.1. The van der Waals surface area contributed by atoms with Gasteiger partial charge in [-0.1, -0.05) is 30.3 Å². The molecule has 20 heavy (non-hydrogen) atoms. The summed E-state index contributed by atoms with van der Waals surface area (Å²) in [7, 11) is 0. The van der Waals surface area contributed by atoms with Crippen molar-refractivity contribution in [3.05, 3.63) is 66.1 Å². The van der Waals surface area contributed by atoms with Crippen LogP contribution in [-0.2, 0) is 6.42 Å². The lowest BCUT2D eigenvalue weighted by Gasteiger charge is -2.34. The van der Waals surface area contributed by atoms with Crippen molar-refractivity contribution in [2.45, 2.75) is 6.42 Å². The number of rotatable bonds is 1. The molecule has 0 bridgehead atoms. The van der Waals surface area contributed by atoms with E-state index in [1.807, 2.05) is 36.6 Å². The van der Waals surface area contributed by atoms with Crippen molar-refractivity contribution in [2.24, 2.45) is 0 Å². The molecule has 0 saturated heterocycles. The van der Waals surface area contributed by atoms with Crippen LogP contribution in [-0.4, -0.2) is 13.2 Å². The highest BCUT2D eigenvalue weighted by Gasteiger charge is 2.23. The van der Waals surface area contributed by atoms with Crippen LogP contribution in [0.15, 0.2) is 60.5 Å². The Labute approximate surface area is 118 Å². The summed E-state index contributed by atoms with van der Waals surface area (Å²) in [5.41, 5.74) is 3.53. The van der Waals surface area contributed by atoms with Gasteiger partial charge in [0.15, 0.2) is 0 Å². The fourth-order valence-electron chi connectivity index (χ4n) is 2.76. The lowest BCUT2D eigenvalue weighted by atomic mass is 10.1. The summed E-state index contributed by atoms with van der Waals surface area (Å²) in [6, 6.07) is 16.3. The first kappa shape index (κ1) is 11.4. The lowest BCUT2D eigenvalue weighted by Crippen LogP contribution is -2.33. The Morgan fingerprint density at radius 2 is 1.70 bits per heavy atom. The second-order valence-corrected chi connectivity index (χ2v) is 4.98. The molecule has 2 aromatic carbocycles. The molecule has 0 aliphatic carbocycles. The van der Waals surface area contributed by atoms with E-state index < -0.39 is 0 Å². The summed E-state index contributed by atoms with van der Waals surface area (Å²) in [5.74, 6) is 1.90. The monoisotopic (exact) mass is 265 g/mol. The Morgan fingerprint density at radius 1 is 0.900 bits per heavy atom. The summed E-state index contributed by atoms with van der Waals surface area (Å²) in [5, 5.41) is 0. The molecule has 2 aliphatic rings. The number of allylic oxidation sites excluding steroid dienone is 1. The highest BCUT2D eigenvalue weighted by Crippen LogP contribution is 2.36. The van der Waals surface area contributed by atoms with Crippen LogP contribution in [0.5, 0.6) is 11.5 Å². The second-order valence-electron chi connectivity index (χ2n) is 4.98. The Balaban J connectivity index is 1.69. The van der Waals surface area contributed by atoms with Gasteiger partial charge in [-0.25, -0.2) is 0 Å². The summed E-state index contributed by atoms with van der Waals surface area (Å²) in [6.07, 6.45) is 2.76. The van der Waals surface area contributed by atoms with E-state index in [4.69, 9.17) is 9.47 Å². The highest BCUT2D eigenvalue weighted by atomic mass is 16.5. The van der Waals surface area contributed by atoms with Gasteiger partial charge in [0.25, 0.3) is 0 Å². The fourth-order valence-corrected chi connectivity index (χ4v) is 2.76. The van der Waals surface area contributed by atoms with Crippen molar-refractivity contribution < 1.29 is 9.47 Å². The van der Waals surface area contributed by atoms with Gasteiger partial charge in [0.2, 0.25) is 0 Å². The number of ether oxygens (including phenoxy) is 2. The molecule has 2 aliphatic heterocycles. The van der Waals surface area contributed by atoms with E-state index in [9.17, 15) is 0 Å². The van der Waals surface area contributed by atoms with Crippen molar-refractivity contribution >= 4 is 5.69 Å². The zero-order chi connectivity index (χ0) is 13.4. The molecular weight excluding hydrogens is 250 g/mol. The average molecular weight is 265 g/mol. The van der Waals surface area contributed by atoms with Crippen LogP contribution in [0.4, 0.5) is 5.69 Å². The predicted octanol–water partition coefficient (Wildman–Crippen LogP) is 3.36. The number of fused-ring (bicyclic) bond motifs is 2. The average Bonchev–Trinajstić information content (AvgIpc) is 2.54. The van der Waals surface area contributed by atoms with E-state index in [1.54, 1.807) is 0 Å². The standard InChI is InChI=1S/C17H15NO2/c1-3-7-16-13(5-1)11-14(12-20-16)18-9-10-19-17-8-4-2-6-15(17)18/h1-8,12H,9-11H2. The van der Waals surface area contributed by atoms with Crippen molar-refractivity contribution in [3.63, 3.8) is 0 Å². The van der Waals surface area contributed by atoms with Gasteiger partial charge >= 0.3 is 0 Å². The van der Waals surface area contributed by atoms with Crippen molar-refractivity contribution in [2.75, 3.05) is 18.1 Å². The van der Waals surface area contributed by atoms with E-state index >= 15 is 0 Å². The summed E-state index contributed by atoms with van der Waals surface area (Å²) >= 11 is 0. The van der Waals surface area contributed by atoms with Gasteiger partial charge in [0.05, 0.1) is 17.9 Å². The molecule has 0 aromatic heterocycles. The van der Waals surface area contributed by atoms with Gasteiger partial charge in [-0.15, -0.1) is 0 Å². The molecule has 0 atom stereocenters. The number of hydrogen-bond donors (Lipinski definition) is 0. The van der Waals surface area contributed by atoms with E-state index in [1.165, 1.54) is 11.3 Å². The zero-order valence-corrected chi connectivity index (χ0v) is 11.1. The molecule has 0 fully saturated rings. The first-order chi connectivity index (χ1) is 9.92. The molecule has 0 radical (unpaired) electrons. The largest absolute Gasteiger partial charge is 0.490 e. The maximum absolute atomic E-state index is 5.76. The topological polar surface area (TPSA) is 21.7 Å². The van der Waals surface area contributed by atoms with Crippen LogP contribution < -0.4 is 14.4 Å². The third-order valence-corrected chi connectivity index (χ3v) is 3.74. The number of hydrogen-bond acceptors (Lipinski definition) is 3. The van der Waals surface area contributed by atoms with Crippen LogP contribution in [0.1, 0.15) is 5.56 Å². The molecule has 0 amide bonds. The van der Waals surface area contributed by atoms with E-state index in [0.717, 1.165) is 30.2 Å². The summed E-state index contributed by atoms with van der Waals surface area (Å²) in [4.78, 5) is 2.29. The van der Waals surface area contributed by atoms with Gasteiger partial charge in [0, 0.05) is 12.0 Å². The molecule has 2 heterocycles. The number of benzene rings is 2. The Bertz CT molecular complexity index is 678. The minimum atomic E-state index is 0.704. The molecule has 0 spiro atoms. The molecule has 4 rings (SSSR count). The summed E-state index contributed by atoms with van der Waals surface area (Å²) in [6.45, 7) is 1.56. The Morgan fingerprint density at radius 3 is 2.65 bits per heavy atom. The van der Waals surface area contributed by atoms with Crippen LogP contribution >= 0.6 is 0 Å². The van der Waals surface area contributed by atoms with E-state index in [0.29, 0.717) is 6.61 Å². The fraction of sp³-hybridized carbons (Fsp3) is 0.176. The molecule has 0 unspecified atom stereocenters. The number of para-hydroxylation sites is 3. The van der Waals surface area contributed by atoms with Crippen LogP contribution in [0.3, 0.4) is 0 Å². The first-order valence-electron chi connectivity index (χ1n) is 6.85. The van der Waals surface area contributed by atoms with Crippen LogP contribution in [0, 0.1) is 0 Å². The maximum Gasteiger partial charge on any atom is 0.143 e. The van der Waals surface area contributed by atoms with Crippen molar-refractivity contribution in [1.29, 1.82) is 0 Å². The SMILES string of the molecule is C1=C(N2CCOc3ccccc32)Cc2ccccc2O1. The van der Waals surface area contributed by atoms with E-state index in [2.05, 4.69) is 23.1 Å². The van der Waals surface area contributed by atoms with Crippen molar-refractivity contribution in [3.8, 4) is 11.5 Å². The molecule has 0 N–H and O–H groups in total. The van der Waals surface area contributed by atoms with Gasteiger partial charge in [-0.3, -0.25) is 0 Å². The summed E-state index contributed by atoms with van der Waals surface area (Å²) < 4.78 is 11.5. The van der Waals surface area contributed by atoms with Crippen molar-refractivity contribution in [1.82, 2.24) is 0 Å².